The van der Waals surface area contributed by atoms with Crippen molar-refractivity contribution in [2.45, 2.75) is 6.92 Å². The molecule has 1 aromatic heterocycles. The predicted octanol–water partition coefficient (Wildman–Crippen LogP) is 1.62. The van der Waals surface area contributed by atoms with Gasteiger partial charge in [-0.1, -0.05) is 30.5 Å². The van der Waals surface area contributed by atoms with Crippen molar-refractivity contribution in [3.8, 4) is 0 Å². The van der Waals surface area contributed by atoms with Crippen molar-refractivity contribution in [1.29, 1.82) is 0 Å². The monoisotopic (exact) mass is 426 g/mol. The first-order valence-corrected chi connectivity index (χ1v) is 7.76. The second-order valence-electron chi connectivity index (χ2n) is 4.32. The predicted molar refractivity (Wildman–Crippen MR) is 105 cm³/mol. The van der Waals surface area contributed by atoms with Gasteiger partial charge in [0, 0.05) is 25.8 Å². The van der Waals surface area contributed by atoms with E-state index in [0.717, 1.165) is 50.8 Å². The van der Waals surface area contributed by atoms with Gasteiger partial charge in [-0.25, -0.2) is 0 Å². The van der Waals surface area contributed by atoms with E-state index in [4.69, 9.17) is 15.6 Å². The van der Waals surface area contributed by atoms with Gasteiger partial charge in [0.2, 0.25) is 0 Å². The van der Waals surface area contributed by atoms with E-state index >= 15 is 0 Å². The van der Waals surface area contributed by atoms with Crippen LogP contribution >= 0.6 is 24.4 Å². The molecule has 2 heterocycles. The Morgan fingerprint density at radius 3 is 2.32 bits per heavy atom. The van der Waals surface area contributed by atoms with Gasteiger partial charge in [-0.3, -0.25) is 14.9 Å². The average Bonchev–Trinajstić information content (AvgIpc) is 2.58. The Bertz CT molecular complexity index is 516. The molecule has 7 nitrogen and oxygen atoms in total. The molecular weight excluding hydrogens is 405 g/mol. The first-order chi connectivity index (χ1) is 11.2. The normalized spacial score (nSPS) is 13.1. The summed E-state index contributed by atoms with van der Waals surface area (Å²) >= 11 is 7.40. The molecule has 0 amide bonds. The van der Waals surface area contributed by atoms with Crippen molar-refractivity contribution >= 4 is 40.5 Å². The summed E-state index contributed by atoms with van der Waals surface area (Å²) in [6, 6.07) is 5.90. The summed E-state index contributed by atoms with van der Waals surface area (Å²) in [5, 5.41) is 16.9. The van der Waals surface area contributed by atoms with Crippen molar-refractivity contribution in [3.05, 3.63) is 40.9 Å². The van der Waals surface area contributed by atoms with Crippen LogP contribution in [0, 0.1) is 0 Å². The Kier molecular flexibility index (Phi) is 23.8. The van der Waals surface area contributed by atoms with E-state index in [0.29, 0.717) is 0 Å². The zero-order valence-electron chi connectivity index (χ0n) is 13.9. The number of aliphatic imine (C=N–C) groups is 1. The van der Waals surface area contributed by atoms with E-state index in [1.807, 2.05) is 25.1 Å². The molecule has 1 aliphatic rings. The summed E-state index contributed by atoms with van der Waals surface area (Å²) in [5.74, 6) is 0. The van der Waals surface area contributed by atoms with E-state index in [1.54, 1.807) is 6.20 Å². The van der Waals surface area contributed by atoms with E-state index < -0.39 is 0 Å². The smallest absolute Gasteiger partial charge is 0.753 e. The standard InChI is InChI=1S/C13H19N3O.2CNS.Ni.H2O/c1-12(13-4-2-3-5-15-13)14-6-7-16-8-10-17-11-9-16;2*2-1-3;;/h2-5H,6-11H2,1H3;;;;1H2/q;2*-1;+3;/p+1. The van der Waals surface area contributed by atoms with Gasteiger partial charge in [0.25, 0.3) is 0 Å². The van der Waals surface area contributed by atoms with E-state index in [9.17, 15) is 0 Å². The number of morpholine rings is 1. The molecule has 1 fully saturated rings. The van der Waals surface area contributed by atoms with Gasteiger partial charge < -0.3 is 21.0 Å². The van der Waals surface area contributed by atoms with E-state index in [-0.39, 0.29) is 22.0 Å². The molecule has 3 N–H and O–H groups in total. The molecule has 0 bridgehead atoms. The second-order valence-corrected chi connectivity index (χ2v) is 4.68. The summed E-state index contributed by atoms with van der Waals surface area (Å²) in [6.07, 6.45) is 1.80. The van der Waals surface area contributed by atoms with Crippen LogP contribution in [-0.4, -0.2) is 65.3 Å². The van der Waals surface area contributed by atoms with E-state index in [1.165, 1.54) is 10.3 Å². The maximum Gasteiger partial charge on any atom is 3.00 e. The van der Waals surface area contributed by atoms with Crippen LogP contribution in [0.25, 0.3) is 10.8 Å². The van der Waals surface area contributed by atoms with Crippen molar-refractivity contribution in [1.82, 2.24) is 9.88 Å². The Hall–Kier alpha value is -1.21. The number of aromatic nitrogens is 1. The summed E-state index contributed by atoms with van der Waals surface area (Å²) in [6.45, 7) is 7.61. The van der Waals surface area contributed by atoms with Gasteiger partial charge in [0.15, 0.2) is 0 Å². The first kappa shape index (κ1) is 28.6. The number of hydrogen-bond acceptors (Lipinski definition) is 6. The fourth-order valence-corrected chi connectivity index (χ4v) is 1.84. The number of thiocarbonyl (C=S) groups is 2. The molecule has 0 unspecified atom stereocenters. The van der Waals surface area contributed by atoms with Crippen LogP contribution in [0.1, 0.15) is 12.6 Å². The summed E-state index contributed by atoms with van der Waals surface area (Å²) < 4.78 is 5.31. The maximum atomic E-state index is 7.13. The zero-order valence-corrected chi connectivity index (χ0v) is 16.5. The Morgan fingerprint density at radius 1 is 1.28 bits per heavy atom. The maximum absolute atomic E-state index is 7.13. The molecule has 1 radical (unpaired) electrons. The summed E-state index contributed by atoms with van der Waals surface area (Å²) in [5.41, 5.74) is 1.98. The molecule has 10 heteroatoms. The van der Waals surface area contributed by atoms with Crippen LogP contribution < -0.4 is 0 Å². The third kappa shape index (κ3) is 16.0. The van der Waals surface area contributed by atoms with Crippen LogP contribution in [0.15, 0.2) is 29.4 Å². The topological polar surface area (TPSA) is 115 Å². The molecule has 0 aromatic carbocycles. The summed E-state index contributed by atoms with van der Waals surface area (Å²) in [7, 11) is 0. The fraction of sp³-hybridized carbons (Fsp3) is 0.467. The Labute approximate surface area is 169 Å². The van der Waals surface area contributed by atoms with Crippen LogP contribution in [-0.2, 0) is 26.7 Å². The van der Waals surface area contributed by atoms with Crippen LogP contribution in [0.3, 0.4) is 0 Å². The second kappa shape index (κ2) is 20.8. The van der Waals surface area contributed by atoms with Gasteiger partial charge in [0.05, 0.1) is 31.2 Å². The third-order valence-electron chi connectivity index (χ3n) is 2.90. The minimum Gasteiger partial charge on any atom is -0.753 e. The fourth-order valence-electron chi connectivity index (χ4n) is 1.84. The largest absolute Gasteiger partial charge is 3.00 e. The number of rotatable bonds is 4. The number of isothiocyanates is 2. The van der Waals surface area contributed by atoms with Crippen LogP contribution in [0.2, 0.25) is 0 Å². The van der Waals surface area contributed by atoms with Crippen molar-refractivity contribution in [2.75, 3.05) is 39.4 Å². The van der Waals surface area contributed by atoms with Gasteiger partial charge in [-0.2, -0.15) is 10.3 Å². The summed E-state index contributed by atoms with van der Waals surface area (Å²) in [4.78, 5) is 11.2. The van der Waals surface area contributed by atoms with Gasteiger partial charge >= 0.3 is 16.5 Å². The van der Waals surface area contributed by atoms with Gasteiger partial charge in [-0.05, 0) is 19.1 Å². The molecule has 0 spiro atoms. The molecule has 0 aliphatic carbocycles. The number of ether oxygens (including phenoxy) is 1. The minimum absolute atomic E-state index is 0. The Balaban J connectivity index is -0.000000535. The quantitative estimate of drug-likeness (QED) is 0.314. The van der Waals surface area contributed by atoms with Crippen molar-refractivity contribution in [3.63, 3.8) is 0 Å². The zero-order chi connectivity index (χ0) is 17.3. The minimum atomic E-state index is 0. The van der Waals surface area contributed by atoms with Crippen molar-refractivity contribution < 1.29 is 26.7 Å². The molecule has 1 saturated heterocycles. The number of pyridine rings is 1. The molecule has 0 atom stereocenters. The SMILES string of the molecule is CC(=NCCN1CCOCC1)c1ccccn1.[N-]=C=S.[N-]=C=S.[Ni+3].[OH3+]. The van der Waals surface area contributed by atoms with Crippen LogP contribution in [0.4, 0.5) is 0 Å². The number of hydrogen-bond donors (Lipinski definition) is 0. The molecule has 25 heavy (non-hydrogen) atoms. The third-order valence-corrected chi connectivity index (χ3v) is 2.90. The molecule has 1 aromatic rings. The Morgan fingerprint density at radius 2 is 1.84 bits per heavy atom. The molecule has 139 valence electrons. The molecular formula is C15H22N5NiO2S2+2. The first-order valence-electron chi connectivity index (χ1n) is 6.94. The molecule has 1 aliphatic heterocycles. The molecule has 2 rings (SSSR count). The molecule has 0 saturated carbocycles. The number of nitrogens with zero attached hydrogens (tertiary/aromatic N) is 5. The average molecular weight is 427 g/mol. The van der Waals surface area contributed by atoms with Crippen LogP contribution in [0.5, 0.6) is 0 Å². The van der Waals surface area contributed by atoms with Gasteiger partial charge in [0.1, 0.15) is 0 Å². The van der Waals surface area contributed by atoms with Gasteiger partial charge in [-0.15, -0.1) is 0 Å². The van der Waals surface area contributed by atoms with E-state index in [2.05, 4.69) is 39.3 Å². The van der Waals surface area contributed by atoms with Crippen molar-refractivity contribution in [2.24, 2.45) is 4.99 Å².